The van der Waals surface area contributed by atoms with Gasteiger partial charge in [-0.05, 0) is 6.92 Å². The number of hydrogen-bond donors (Lipinski definition) is 2. The highest BCUT2D eigenvalue weighted by Crippen LogP contribution is 2.27. The molecule has 2 aromatic heterocycles. The van der Waals surface area contributed by atoms with Crippen molar-refractivity contribution in [3.8, 4) is 0 Å². The van der Waals surface area contributed by atoms with Gasteiger partial charge in [0.25, 0.3) is 5.91 Å². The van der Waals surface area contributed by atoms with Gasteiger partial charge in [0.05, 0.1) is 23.4 Å². The fraction of sp³-hybridized carbons (Fsp3) is 0.462. The number of aromatic amines is 1. The summed E-state index contributed by atoms with van der Waals surface area (Å²) in [7, 11) is 0. The molecule has 0 saturated carbocycles. The number of H-pyrrole nitrogens is 1. The summed E-state index contributed by atoms with van der Waals surface area (Å²) in [5.74, 6) is -0.0956. The molecule has 0 aromatic carbocycles. The van der Waals surface area contributed by atoms with E-state index in [0.717, 1.165) is 10.6 Å². The van der Waals surface area contributed by atoms with Crippen LogP contribution in [0, 0.1) is 0 Å². The van der Waals surface area contributed by atoms with Crippen LogP contribution in [0.1, 0.15) is 54.0 Å². The number of aromatic nitrogens is 3. The van der Waals surface area contributed by atoms with Gasteiger partial charge in [0.2, 0.25) is 0 Å². The minimum atomic E-state index is -0.0956. The van der Waals surface area contributed by atoms with Crippen molar-refractivity contribution in [1.29, 1.82) is 0 Å². The molecule has 0 spiro atoms. The second kappa shape index (κ2) is 5.13. The monoisotopic (exact) mass is 278 g/mol. The first-order valence-corrected chi connectivity index (χ1v) is 6.95. The Bertz CT molecular complexity index is 553. The maximum absolute atomic E-state index is 12.1. The minimum Gasteiger partial charge on any atom is -0.345 e. The summed E-state index contributed by atoms with van der Waals surface area (Å²) >= 11 is 1.44. The smallest absolute Gasteiger partial charge is 0.263 e. The fourth-order valence-corrected chi connectivity index (χ4v) is 2.45. The molecule has 2 heterocycles. The van der Waals surface area contributed by atoms with Gasteiger partial charge in [-0.15, -0.1) is 11.3 Å². The van der Waals surface area contributed by atoms with Gasteiger partial charge in [0.1, 0.15) is 4.88 Å². The standard InChI is InChI=1S/C13H18N4OS/c1-8(9-5-15-16-6-9)17-11(18)10-7-14-12(19-10)13(2,3)4/h5-8H,1-4H3,(H,15,16)(H,17,18). The Balaban J connectivity index is 2.06. The third-order valence-corrected chi connectivity index (χ3v) is 4.16. The first-order chi connectivity index (χ1) is 8.88. The van der Waals surface area contributed by atoms with E-state index in [1.54, 1.807) is 18.6 Å². The highest BCUT2D eigenvalue weighted by atomic mass is 32.1. The molecule has 1 unspecified atom stereocenters. The topological polar surface area (TPSA) is 70.7 Å². The molecule has 0 radical (unpaired) electrons. The molecule has 19 heavy (non-hydrogen) atoms. The summed E-state index contributed by atoms with van der Waals surface area (Å²) in [5.41, 5.74) is 0.924. The molecule has 1 amide bonds. The van der Waals surface area contributed by atoms with Crippen LogP contribution in [0.4, 0.5) is 0 Å². The van der Waals surface area contributed by atoms with Gasteiger partial charge in [0, 0.05) is 17.2 Å². The fourth-order valence-electron chi connectivity index (χ4n) is 1.57. The molecule has 0 saturated heterocycles. The van der Waals surface area contributed by atoms with Crippen molar-refractivity contribution < 1.29 is 4.79 Å². The molecular weight excluding hydrogens is 260 g/mol. The highest BCUT2D eigenvalue weighted by molar-refractivity contribution is 7.13. The van der Waals surface area contributed by atoms with Crippen molar-refractivity contribution >= 4 is 17.2 Å². The van der Waals surface area contributed by atoms with Gasteiger partial charge in [-0.25, -0.2) is 4.98 Å². The number of amides is 1. The molecular formula is C13H18N4OS. The lowest BCUT2D eigenvalue weighted by molar-refractivity contribution is 0.0944. The molecule has 2 N–H and O–H groups in total. The number of carbonyl (C=O) groups excluding carboxylic acids is 1. The maximum Gasteiger partial charge on any atom is 0.263 e. The first-order valence-electron chi connectivity index (χ1n) is 6.14. The molecule has 0 aliphatic heterocycles. The third-order valence-electron chi connectivity index (χ3n) is 2.74. The van der Waals surface area contributed by atoms with E-state index in [1.165, 1.54) is 11.3 Å². The van der Waals surface area contributed by atoms with E-state index < -0.39 is 0 Å². The number of thiazole rings is 1. The van der Waals surface area contributed by atoms with Crippen molar-refractivity contribution in [3.05, 3.63) is 34.0 Å². The second-order valence-electron chi connectivity index (χ2n) is 5.51. The van der Waals surface area contributed by atoms with Crippen LogP contribution in [0.2, 0.25) is 0 Å². The Labute approximate surface area is 116 Å². The molecule has 6 heteroatoms. The van der Waals surface area contributed by atoms with E-state index in [4.69, 9.17) is 0 Å². The maximum atomic E-state index is 12.1. The summed E-state index contributed by atoms with van der Waals surface area (Å²) in [6, 6.07) is -0.0774. The van der Waals surface area contributed by atoms with Crippen molar-refractivity contribution in [2.45, 2.75) is 39.2 Å². The lowest BCUT2D eigenvalue weighted by atomic mass is 9.98. The zero-order chi connectivity index (χ0) is 14.0. The van der Waals surface area contributed by atoms with E-state index in [1.807, 2.05) is 6.92 Å². The van der Waals surface area contributed by atoms with E-state index in [9.17, 15) is 4.79 Å². The third kappa shape index (κ3) is 3.20. The Morgan fingerprint density at radius 3 is 2.68 bits per heavy atom. The molecule has 0 bridgehead atoms. The van der Waals surface area contributed by atoms with Crippen LogP contribution < -0.4 is 5.32 Å². The zero-order valence-corrected chi connectivity index (χ0v) is 12.3. The van der Waals surface area contributed by atoms with Gasteiger partial charge >= 0.3 is 0 Å². The van der Waals surface area contributed by atoms with Crippen molar-refractivity contribution in [2.75, 3.05) is 0 Å². The van der Waals surface area contributed by atoms with Crippen LogP contribution in [-0.4, -0.2) is 21.1 Å². The summed E-state index contributed by atoms with van der Waals surface area (Å²) in [4.78, 5) is 17.1. The van der Waals surface area contributed by atoms with Gasteiger partial charge in [-0.3, -0.25) is 9.89 Å². The van der Waals surface area contributed by atoms with Crippen molar-refractivity contribution in [1.82, 2.24) is 20.5 Å². The Kier molecular flexibility index (Phi) is 3.71. The Morgan fingerprint density at radius 1 is 1.42 bits per heavy atom. The Hall–Kier alpha value is -1.69. The number of nitrogens with one attached hydrogen (secondary N) is 2. The lowest BCUT2D eigenvalue weighted by Crippen LogP contribution is -2.25. The molecule has 0 aliphatic carbocycles. The van der Waals surface area contributed by atoms with Crippen LogP contribution >= 0.6 is 11.3 Å². The number of carbonyl (C=O) groups is 1. The highest BCUT2D eigenvalue weighted by Gasteiger charge is 2.21. The minimum absolute atomic E-state index is 0.0284. The van der Waals surface area contributed by atoms with E-state index in [2.05, 4.69) is 41.3 Å². The normalized spacial score (nSPS) is 13.3. The van der Waals surface area contributed by atoms with E-state index in [0.29, 0.717) is 4.88 Å². The summed E-state index contributed by atoms with van der Waals surface area (Å²) in [6.07, 6.45) is 5.12. The molecule has 102 valence electrons. The van der Waals surface area contributed by atoms with E-state index >= 15 is 0 Å². The van der Waals surface area contributed by atoms with Crippen LogP contribution in [0.3, 0.4) is 0 Å². The average molecular weight is 278 g/mol. The molecule has 5 nitrogen and oxygen atoms in total. The lowest BCUT2D eigenvalue weighted by Gasteiger charge is -2.13. The zero-order valence-electron chi connectivity index (χ0n) is 11.5. The first kappa shape index (κ1) is 13.7. The van der Waals surface area contributed by atoms with Crippen molar-refractivity contribution in [3.63, 3.8) is 0 Å². The number of hydrogen-bond acceptors (Lipinski definition) is 4. The molecule has 1 atom stereocenters. The summed E-state index contributed by atoms with van der Waals surface area (Å²) in [5, 5.41) is 10.5. The van der Waals surface area contributed by atoms with Gasteiger partial charge in [-0.2, -0.15) is 5.10 Å². The van der Waals surface area contributed by atoms with Gasteiger partial charge < -0.3 is 5.32 Å². The van der Waals surface area contributed by atoms with Gasteiger partial charge in [0.15, 0.2) is 0 Å². The molecule has 2 rings (SSSR count). The Morgan fingerprint density at radius 2 is 2.16 bits per heavy atom. The average Bonchev–Trinajstić information content (AvgIpc) is 3.00. The van der Waals surface area contributed by atoms with Crippen molar-refractivity contribution in [2.24, 2.45) is 0 Å². The molecule has 0 aliphatic rings. The predicted octanol–water partition coefficient (Wildman–Crippen LogP) is 2.65. The van der Waals surface area contributed by atoms with Crippen LogP contribution in [0.15, 0.2) is 18.6 Å². The van der Waals surface area contributed by atoms with Crippen LogP contribution in [-0.2, 0) is 5.41 Å². The van der Waals surface area contributed by atoms with Crippen LogP contribution in [0.5, 0.6) is 0 Å². The largest absolute Gasteiger partial charge is 0.345 e. The van der Waals surface area contributed by atoms with Gasteiger partial charge in [-0.1, -0.05) is 20.8 Å². The predicted molar refractivity (Wildman–Crippen MR) is 75.3 cm³/mol. The second-order valence-corrected chi connectivity index (χ2v) is 6.54. The molecule has 0 fully saturated rings. The quantitative estimate of drug-likeness (QED) is 0.906. The SMILES string of the molecule is CC(NC(=O)c1cnc(C(C)(C)C)s1)c1cn[nH]c1. The number of rotatable bonds is 3. The molecule has 2 aromatic rings. The summed E-state index contributed by atoms with van der Waals surface area (Å²) < 4.78 is 0. The van der Waals surface area contributed by atoms with Crippen LogP contribution in [0.25, 0.3) is 0 Å². The van der Waals surface area contributed by atoms with E-state index in [-0.39, 0.29) is 17.4 Å². The number of nitrogens with zero attached hydrogens (tertiary/aromatic N) is 2. The summed E-state index contributed by atoms with van der Waals surface area (Å²) in [6.45, 7) is 8.18.